The van der Waals surface area contributed by atoms with Crippen LogP contribution in [-0.4, -0.2) is 11.3 Å². The third kappa shape index (κ3) is 5.22. The predicted molar refractivity (Wildman–Crippen MR) is 273 cm³/mol. The molecule has 314 valence electrons. The maximum Gasteiger partial charge on any atom is 0.252 e. The van der Waals surface area contributed by atoms with Crippen LogP contribution in [0.25, 0.3) is 60.5 Å². The predicted octanol–water partition coefficient (Wildman–Crippen LogP) is 14.5. The minimum absolute atomic E-state index is 0.0469. The highest BCUT2D eigenvalue weighted by atomic mass is 16.5. The lowest BCUT2D eigenvalue weighted by Crippen LogP contribution is -2.58. The number of nitrogens with zero attached hydrogens (tertiary/aromatic N) is 1. The van der Waals surface area contributed by atoms with Crippen LogP contribution in [0.3, 0.4) is 0 Å². The van der Waals surface area contributed by atoms with Crippen LogP contribution < -0.4 is 21.1 Å². The molecule has 0 amide bonds. The number of hydrogen-bond donors (Lipinski definition) is 0. The number of hydrogen-bond acceptors (Lipinski definition) is 1. The molecule has 8 aromatic carbocycles. The molecule has 0 saturated carbocycles. The van der Waals surface area contributed by atoms with E-state index in [1.165, 1.54) is 110 Å². The Morgan fingerprint density at radius 2 is 1.06 bits per heavy atom. The van der Waals surface area contributed by atoms with Gasteiger partial charge in [-0.2, -0.15) is 0 Å². The molecule has 1 aliphatic heterocycles. The van der Waals surface area contributed by atoms with E-state index in [1.807, 2.05) is 0 Å². The van der Waals surface area contributed by atoms with Gasteiger partial charge in [0.05, 0.1) is 16.7 Å². The fourth-order valence-corrected chi connectivity index (χ4v) is 12.5. The number of fused-ring (bicyclic) bond motifs is 14. The van der Waals surface area contributed by atoms with Crippen molar-refractivity contribution in [2.75, 3.05) is 0 Å². The summed E-state index contributed by atoms with van der Waals surface area (Å²) in [5, 5.41) is 5.03. The maximum absolute atomic E-state index is 7.54. The molecule has 12 rings (SSSR count). The molecule has 2 aliphatic carbocycles. The van der Waals surface area contributed by atoms with E-state index in [0.717, 1.165) is 17.2 Å². The van der Waals surface area contributed by atoms with E-state index in [-0.39, 0.29) is 17.5 Å². The van der Waals surface area contributed by atoms with E-state index >= 15 is 0 Å². The highest BCUT2D eigenvalue weighted by Crippen LogP contribution is 2.54. The van der Waals surface area contributed by atoms with Crippen molar-refractivity contribution in [2.45, 2.75) is 97.8 Å². The van der Waals surface area contributed by atoms with Gasteiger partial charge in [0, 0.05) is 33.1 Å². The Labute approximate surface area is 379 Å². The fraction of sp³-hybridized carbons (Fsp3) is 0.246. The molecule has 0 radical (unpaired) electrons. The second-order valence-electron chi connectivity index (χ2n) is 21.0. The van der Waals surface area contributed by atoms with Crippen LogP contribution in [0.5, 0.6) is 11.5 Å². The van der Waals surface area contributed by atoms with Crippen molar-refractivity contribution in [2.24, 2.45) is 0 Å². The molecule has 0 bridgehead atoms. The van der Waals surface area contributed by atoms with Crippen LogP contribution in [0.1, 0.15) is 126 Å². The second kappa shape index (κ2) is 13.6. The fourth-order valence-electron chi connectivity index (χ4n) is 12.5. The SMILES string of the molecule is CC(C)c1cc(C(C)C)c(B2c3cc4c(cc3Oc3cc(-n5c6ccccc6c6ccc7c(c65)C(C)(C)c5ccccc5-7)c5ccccc5c32)-c2ccccc2C4(C)C)c(C(C)C)c1. The largest absolute Gasteiger partial charge is 0.458 e. The van der Waals surface area contributed by atoms with Crippen molar-refractivity contribution in [3.8, 4) is 39.4 Å². The van der Waals surface area contributed by atoms with Crippen LogP contribution in [0, 0.1) is 0 Å². The van der Waals surface area contributed by atoms with E-state index in [1.54, 1.807) is 0 Å². The summed E-state index contributed by atoms with van der Waals surface area (Å²) in [5.74, 6) is 2.98. The monoisotopic (exact) mass is 829 g/mol. The quantitative estimate of drug-likeness (QED) is 0.158. The van der Waals surface area contributed by atoms with E-state index in [0.29, 0.717) is 17.8 Å². The molecule has 0 saturated heterocycles. The summed E-state index contributed by atoms with van der Waals surface area (Å²) >= 11 is 0. The van der Waals surface area contributed by atoms with Crippen LogP contribution in [-0.2, 0) is 10.8 Å². The highest BCUT2D eigenvalue weighted by molar-refractivity contribution is 6.99. The van der Waals surface area contributed by atoms with E-state index in [2.05, 4.69) is 213 Å². The maximum atomic E-state index is 7.54. The Kier molecular flexibility index (Phi) is 8.35. The molecule has 0 fully saturated rings. The van der Waals surface area contributed by atoms with Gasteiger partial charge >= 0.3 is 0 Å². The molecule has 0 atom stereocenters. The van der Waals surface area contributed by atoms with Gasteiger partial charge < -0.3 is 9.30 Å². The van der Waals surface area contributed by atoms with E-state index < -0.39 is 0 Å². The minimum Gasteiger partial charge on any atom is -0.458 e. The van der Waals surface area contributed by atoms with Crippen molar-refractivity contribution in [1.29, 1.82) is 0 Å². The summed E-state index contributed by atoms with van der Waals surface area (Å²) < 4.78 is 10.1. The highest BCUT2D eigenvalue weighted by Gasteiger charge is 2.44. The molecule has 64 heavy (non-hydrogen) atoms. The average Bonchev–Trinajstić information content (AvgIpc) is 3.83. The molecule has 9 aromatic rings. The topological polar surface area (TPSA) is 14.2 Å². The van der Waals surface area contributed by atoms with Crippen molar-refractivity contribution in [1.82, 2.24) is 4.57 Å². The lowest BCUT2D eigenvalue weighted by atomic mass is 9.33. The van der Waals surface area contributed by atoms with Gasteiger partial charge in [-0.3, -0.25) is 0 Å². The Hall–Kier alpha value is -6.32. The molecule has 1 aromatic heterocycles. The van der Waals surface area contributed by atoms with Gasteiger partial charge in [0.15, 0.2) is 0 Å². The molecule has 3 heteroatoms. The molecular formula is C61H56BNO. The average molecular weight is 830 g/mol. The Morgan fingerprint density at radius 1 is 0.469 bits per heavy atom. The molecule has 2 nitrogen and oxygen atoms in total. The molecule has 0 spiro atoms. The number of benzene rings is 8. The molecule has 3 aliphatic rings. The van der Waals surface area contributed by atoms with Crippen LogP contribution in [0.15, 0.2) is 140 Å². The summed E-state index contributed by atoms with van der Waals surface area (Å²) in [7, 11) is 0. The van der Waals surface area contributed by atoms with Gasteiger partial charge in [-0.15, -0.1) is 0 Å². The number of ether oxygens (including phenoxy) is 1. The first-order valence-corrected chi connectivity index (χ1v) is 23.6. The Morgan fingerprint density at radius 3 is 1.73 bits per heavy atom. The molecule has 2 heterocycles. The smallest absolute Gasteiger partial charge is 0.252 e. The number of aromatic nitrogens is 1. The van der Waals surface area contributed by atoms with E-state index in [9.17, 15) is 0 Å². The Balaban J connectivity index is 1.22. The number of rotatable bonds is 5. The summed E-state index contributed by atoms with van der Waals surface area (Å²) in [6.45, 7) is 23.8. The van der Waals surface area contributed by atoms with Gasteiger partial charge in [-0.25, -0.2) is 0 Å². The summed E-state index contributed by atoms with van der Waals surface area (Å²) in [4.78, 5) is 0. The molecule has 0 unspecified atom stereocenters. The normalized spacial score (nSPS) is 15.2. The third-order valence-electron chi connectivity index (χ3n) is 15.6. The standard InChI is InChI=1S/C61H56BNO/c1-34(2)37-29-45(35(3)4)57(46(30-37)36(5)6)62-51-32-50-47(39-20-14-16-24-48(39)60(50,7)8)31-54(51)64-55-33-53(40-21-11-12-23-43(40)58(55)62)63-52-26-18-15-22-41(52)44-28-27-42-38-19-13-17-25-49(38)61(9,10)56(42)59(44)63/h11-36H,1-10H3. The first-order chi connectivity index (χ1) is 30.8. The lowest BCUT2D eigenvalue weighted by molar-refractivity contribution is 0.487. The van der Waals surface area contributed by atoms with Crippen molar-refractivity contribution in [3.05, 3.63) is 178 Å². The van der Waals surface area contributed by atoms with Crippen LogP contribution >= 0.6 is 0 Å². The first kappa shape index (κ1) is 39.3. The first-order valence-electron chi connectivity index (χ1n) is 23.6. The van der Waals surface area contributed by atoms with Crippen LogP contribution in [0.4, 0.5) is 0 Å². The third-order valence-corrected chi connectivity index (χ3v) is 15.6. The van der Waals surface area contributed by atoms with Crippen molar-refractivity contribution >= 4 is 55.7 Å². The van der Waals surface area contributed by atoms with Crippen molar-refractivity contribution in [3.63, 3.8) is 0 Å². The lowest BCUT2D eigenvalue weighted by Gasteiger charge is -2.34. The zero-order valence-corrected chi connectivity index (χ0v) is 38.9. The minimum atomic E-state index is -0.199. The Bertz CT molecular complexity index is 3440. The molecular weight excluding hydrogens is 773 g/mol. The summed E-state index contributed by atoms with van der Waals surface area (Å²) in [6.07, 6.45) is 0. The zero-order chi connectivity index (χ0) is 44.1. The van der Waals surface area contributed by atoms with Gasteiger partial charge in [-0.05, 0) is 107 Å². The van der Waals surface area contributed by atoms with Gasteiger partial charge in [0.25, 0.3) is 6.71 Å². The summed E-state index contributed by atoms with van der Waals surface area (Å²) in [5.41, 5.74) is 22.3. The van der Waals surface area contributed by atoms with Gasteiger partial charge in [-0.1, -0.05) is 196 Å². The van der Waals surface area contributed by atoms with Crippen molar-refractivity contribution < 1.29 is 4.74 Å². The van der Waals surface area contributed by atoms with E-state index in [4.69, 9.17) is 4.74 Å². The second-order valence-corrected chi connectivity index (χ2v) is 21.0. The van der Waals surface area contributed by atoms with Gasteiger partial charge in [0.1, 0.15) is 11.5 Å². The summed E-state index contributed by atoms with van der Waals surface area (Å²) in [6, 6.07) is 53.4. The number of para-hydroxylation sites is 1. The zero-order valence-electron chi connectivity index (χ0n) is 38.9. The molecule has 0 N–H and O–H groups in total. The van der Waals surface area contributed by atoms with Gasteiger partial charge in [0.2, 0.25) is 0 Å². The van der Waals surface area contributed by atoms with Crippen LogP contribution in [0.2, 0.25) is 0 Å².